The van der Waals surface area contributed by atoms with Gasteiger partial charge in [0.2, 0.25) is 5.95 Å². The monoisotopic (exact) mass is 293 g/mol. The van der Waals surface area contributed by atoms with Crippen molar-refractivity contribution in [3.8, 4) is 0 Å². The van der Waals surface area contributed by atoms with Crippen LogP contribution < -0.4 is 11.0 Å². The summed E-state index contributed by atoms with van der Waals surface area (Å²) in [5.41, 5.74) is 4.54. The van der Waals surface area contributed by atoms with Crippen LogP contribution in [0.1, 0.15) is 18.2 Å². The van der Waals surface area contributed by atoms with E-state index < -0.39 is 0 Å². The molecule has 0 bridgehead atoms. The second-order valence-electron chi connectivity index (χ2n) is 4.96. The summed E-state index contributed by atoms with van der Waals surface area (Å²) in [6.45, 7) is 3.48. The van der Waals surface area contributed by atoms with Gasteiger partial charge in [0.1, 0.15) is 5.69 Å². The predicted octanol–water partition coefficient (Wildman–Crippen LogP) is 2.46. The van der Waals surface area contributed by atoms with Crippen LogP contribution in [-0.2, 0) is 0 Å². The molecule has 0 aliphatic carbocycles. The Kier molecular flexibility index (Phi) is 3.65. The first kappa shape index (κ1) is 13.9. The molecule has 110 valence electrons. The van der Waals surface area contributed by atoms with Gasteiger partial charge in [-0.2, -0.15) is 5.10 Å². The number of hydrogen-bond donors (Lipinski definition) is 2. The van der Waals surface area contributed by atoms with Crippen molar-refractivity contribution < 1.29 is 0 Å². The minimum Gasteiger partial charge on any atom is -0.288 e. The van der Waals surface area contributed by atoms with Gasteiger partial charge in [-0.05, 0) is 36.2 Å². The zero-order valence-corrected chi connectivity index (χ0v) is 12.3. The second-order valence-corrected chi connectivity index (χ2v) is 4.96. The lowest BCUT2D eigenvalue weighted by Gasteiger charge is -2.04. The third kappa shape index (κ3) is 2.85. The van der Waals surface area contributed by atoms with Crippen molar-refractivity contribution in [2.75, 3.05) is 5.43 Å². The molecule has 0 aliphatic heterocycles. The summed E-state index contributed by atoms with van der Waals surface area (Å²) in [6, 6.07) is 14.3. The van der Waals surface area contributed by atoms with E-state index in [2.05, 4.69) is 50.0 Å². The smallest absolute Gasteiger partial charge is 0.274 e. The van der Waals surface area contributed by atoms with Crippen molar-refractivity contribution in [3.05, 3.63) is 64.1 Å². The summed E-state index contributed by atoms with van der Waals surface area (Å²) in [7, 11) is 0. The van der Waals surface area contributed by atoms with E-state index >= 15 is 0 Å². The third-order valence-corrected chi connectivity index (χ3v) is 3.36. The summed E-state index contributed by atoms with van der Waals surface area (Å²) in [5, 5.41) is 14.1. The molecule has 0 unspecified atom stereocenters. The molecule has 0 saturated heterocycles. The Balaban J connectivity index is 1.86. The quantitative estimate of drug-likeness (QED) is 0.574. The lowest BCUT2D eigenvalue weighted by molar-refractivity contribution is 0.897. The van der Waals surface area contributed by atoms with Crippen LogP contribution in [0, 0.1) is 6.92 Å². The summed E-state index contributed by atoms with van der Waals surface area (Å²) in [5.74, 6) is 0.218. The highest BCUT2D eigenvalue weighted by atomic mass is 16.1. The first-order chi connectivity index (χ1) is 10.6. The maximum atomic E-state index is 11.5. The number of benzene rings is 2. The van der Waals surface area contributed by atoms with Gasteiger partial charge in [-0.1, -0.05) is 36.4 Å². The highest BCUT2D eigenvalue weighted by Gasteiger charge is 2.01. The maximum Gasteiger partial charge on any atom is 0.274 e. The first-order valence-electron chi connectivity index (χ1n) is 6.86. The highest BCUT2D eigenvalue weighted by Crippen LogP contribution is 2.16. The van der Waals surface area contributed by atoms with Crippen LogP contribution in [0.25, 0.3) is 10.8 Å². The summed E-state index contributed by atoms with van der Waals surface area (Å²) >= 11 is 0. The Labute approximate surface area is 126 Å². The molecule has 0 amide bonds. The number of aromatic amines is 1. The van der Waals surface area contributed by atoms with Crippen LogP contribution in [0.5, 0.6) is 0 Å². The van der Waals surface area contributed by atoms with Gasteiger partial charge in [0.15, 0.2) is 0 Å². The molecule has 22 heavy (non-hydrogen) atoms. The summed E-state index contributed by atoms with van der Waals surface area (Å²) < 4.78 is 0. The van der Waals surface area contributed by atoms with Gasteiger partial charge in [-0.25, -0.2) is 5.43 Å². The number of anilines is 1. The molecule has 2 N–H and O–H groups in total. The lowest BCUT2D eigenvalue weighted by atomic mass is 10.0. The van der Waals surface area contributed by atoms with Crippen molar-refractivity contribution in [1.82, 2.24) is 15.2 Å². The molecule has 3 rings (SSSR count). The molecule has 1 aromatic heterocycles. The number of H-pyrrole nitrogens is 1. The molecule has 3 aromatic rings. The average molecular weight is 293 g/mol. The molecule has 1 heterocycles. The molecular formula is C16H15N5O. The van der Waals surface area contributed by atoms with Gasteiger partial charge < -0.3 is 0 Å². The van der Waals surface area contributed by atoms with E-state index in [9.17, 15) is 4.79 Å². The van der Waals surface area contributed by atoms with Gasteiger partial charge >= 0.3 is 0 Å². The predicted molar refractivity (Wildman–Crippen MR) is 87.2 cm³/mol. The molecule has 0 saturated carbocycles. The van der Waals surface area contributed by atoms with Crippen molar-refractivity contribution in [2.45, 2.75) is 13.8 Å². The Morgan fingerprint density at radius 3 is 2.68 bits per heavy atom. The van der Waals surface area contributed by atoms with Crippen LogP contribution >= 0.6 is 0 Å². The number of rotatable bonds is 3. The van der Waals surface area contributed by atoms with Crippen LogP contribution in [0.2, 0.25) is 0 Å². The number of nitrogens with zero attached hydrogens (tertiary/aromatic N) is 3. The van der Waals surface area contributed by atoms with Crippen molar-refractivity contribution >= 4 is 22.4 Å². The lowest BCUT2D eigenvalue weighted by Crippen LogP contribution is -2.16. The van der Waals surface area contributed by atoms with Crippen molar-refractivity contribution in [2.24, 2.45) is 5.10 Å². The Morgan fingerprint density at radius 1 is 1.14 bits per heavy atom. The van der Waals surface area contributed by atoms with Crippen LogP contribution in [-0.4, -0.2) is 20.9 Å². The highest BCUT2D eigenvalue weighted by molar-refractivity contribution is 6.02. The zero-order valence-electron chi connectivity index (χ0n) is 12.3. The van der Waals surface area contributed by atoms with E-state index in [0.29, 0.717) is 5.69 Å². The summed E-state index contributed by atoms with van der Waals surface area (Å²) in [4.78, 5) is 14.0. The molecular weight excluding hydrogens is 278 g/mol. The van der Waals surface area contributed by atoms with Gasteiger partial charge in [-0.3, -0.25) is 9.78 Å². The van der Waals surface area contributed by atoms with E-state index in [1.807, 2.05) is 25.1 Å². The Bertz CT molecular complexity index is 914. The molecule has 2 aromatic carbocycles. The standard InChI is InChI=1S/C16H15N5O/c1-10(18-20-16-17-15(22)11(2)19-21-16)13-8-7-12-5-3-4-6-14(12)9-13/h3-9H,1-2H3,(H2,17,20,21,22)/b18-10-. The number of aryl methyl sites for hydroxylation is 1. The number of fused-ring (bicyclic) bond motifs is 1. The van der Waals surface area contributed by atoms with Crippen LogP contribution in [0.15, 0.2) is 52.4 Å². The van der Waals surface area contributed by atoms with E-state index in [0.717, 1.165) is 16.7 Å². The topological polar surface area (TPSA) is 83.0 Å². The minimum absolute atomic E-state index is 0.218. The fourth-order valence-electron chi connectivity index (χ4n) is 2.06. The average Bonchev–Trinajstić information content (AvgIpc) is 2.55. The van der Waals surface area contributed by atoms with E-state index in [4.69, 9.17) is 0 Å². The van der Waals surface area contributed by atoms with E-state index in [-0.39, 0.29) is 11.5 Å². The van der Waals surface area contributed by atoms with Crippen LogP contribution in [0.3, 0.4) is 0 Å². The fraction of sp³-hybridized carbons (Fsp3) is 0.125. The molecule has 0 spiro atoms. The molecule has 6 heteroatoms. The normalized spacial score (nSPS) is 11.6. The molecule has 0 aliphatic rings. The molecule has 0 radical (unpaired) electrons. The number of aromatic nitrogens is 3. The van der Waals surface area contributed by atoms with E-state index in [1.54, 1.807) is 6.92 Å². The zero-order chi connectivity index (χ0) is 15.5. The fourth-order valence-corrected chi connectivity index (χ4v) is 2.06. The number of nitrogens with one attached hydrogen (secondary N) is 2. The number of hydrazone groups is 1. The van der Waals surface area contributed by atoms with Crippen molar-refractivity contribution in [3.63, 3.8) is 0 Å². The van der Waals surface area contributed by atoms with Gasteiger partial charge in [0.05, 0.1) is 5.71 Å². The van der Waals surface area contributed by atoms with Crippen LogP contribution in [0.4, 0.5) is 5.95 Å². The Morgan fingerprint density at radius 2 is 1.91 bits per heavy atom. The van der Waals surface area contributed by atoms with Gasteiger partial charge in [-0.15, -0.1) is 10.2 Å². The minimum atomic E-state index is -0.281. The number of hydrogen-bond acceptors (Lipinski definition) is 5. The SMILES string of the molecule is C/C(=N/Nc1nnc(C)c(=O)[nH]1)c1ccc2ccccc2c1. The molecule has 0 atom stereocenters. The summed E-state index contributed by atoms with van der Waals surface area (Å²) in [6.07, 6.45) is 0. The molecule has 0 fully saturated rings. The third-order valence-electron chi connectivity index (χ3n) is 3.36. The van der Waals surface area contributed by atoms with Crippen molar-refractivity contribution in [1.29, 1.82) is 0 Å². The van der Waals surface area contributed by atoms with E-state index in [1.165, 1.54) is 5.39 Å². The first-order valence-corrected chi connectivity index (χ1v) is 6.86. The largest absolute Gasteiger partial charge is 0.288 e. The molecule has 6 nitrogen and oxygen atoms in total. The Hall–Kier alpha value is -3.02. The van der Waals surface area contributed by atoms with Gasteiger partial charge in [0, 0.05) is 0 Å². The maximum absolute atomic E-state index is 11.5. The van der Waals surface area contributed by atoms with Gasteiger partial charge in [0.25, 0.3) is 5.56 Å². The second kappa shape index (κ2) is 5.77.